The lowest BCUT2D eigenvalue weighted by Crippen LogP contribution is -2.55. The quantitative estimate of drug-likeness (QED) is 0.613. The second-order valence-electron chi connectivity index (χ2n) is 11.6. The van der Waals surface area contributed by atoms with Gasteiger partial charge in [0, 0.05) is 31.6 Å². The Labute approximate surface area is 224 Å². The summed E-state index contributed by atoms with van der Waals surface area (Å²) in [6.07, 6.45) is -0.690. The van der Waals surface area contributed by atoms with Crippen molar-refractivity contribution in [2.45, 2.75) is 77.7 Å². The molecule has 0 unspecified atom stereocenters. The highest BCUT2D eigenvalue weighted by atomic mass is 16.3. The zero-order valence-electron chi connectivity index (χ0n) is 22.7. The number of hydrogen-bond acceptors (Lipinski definition) is 5. The van der Waals surface area contributed by atoms with E-state index < -0.39 is 18.2 Å². The first-order valence-corrected chi connectivity index (χ1v) is 13.1. The van der Waals surface area contributed by atoms with Crippen molar-refractivity contribution in [3.8, 4) is 6.07 Å². The zero-order valence-corrected chi connectivity index (χ0v) is 22.7. The highest BCUT2D eigenvalue weighted by Gasteiger charge is 2.45. The van der Waals surface area contributed by atoms with Crippen LogP contribution in [-0.2, 0) is 28.1 Å². The molecule has 2 heterocycles. The van der Waals surface area contributed by atoms with Crippen LogP contribution in [0.3, 0.4) is 0 Å². The van der Waals surface area contributed by atoms with E-state index in [4.69, 9.17) is 0 Å². The molecule has 8 heteroatoms. The molecule has 0 aliphatic carbocycles. The molecule has 2 N–H and O–H groups in total. The third-order valence-corrected chi connectivity index (χ3v) is 7.43. The number of nitrogens with one attached hydrogen (secondary N) is 1. The minimum absolute atomic E-state index is 0.0409. The Hall–Kier alpha value is -3.70. The van der Waals surface area contributed by atoms with E-state index in [0.29, 0.717) is 17.7 Å². The monoisotopic (exact) mass is 516 g/mol. The van der Waals surface area contributed by atoms with Crippen molar-refractivity contribution in [3.05, 3.63) is 70.3 Å². The van der Waals surface area contributed by atoms with Gasteiger partial charge in [0.1, 0.15) is 12.1 Å². The van der Waals surface area contributed by atoms with E-state index in [1.54, 1.807) is 17.0 Å². The molecule has 38 heavy (non-hydrogen) atoms. The standard InChI is InChI=1S/C30H36N4O4/c1-18(2)26(34-16-21-8-6-7-9-23(21)28(34)37)29(38)33-17-22(35)13-25(33)27(36)32-15-20-11-10-19(14-31)12-24(20)30(3,4)5/h6-12,18,22,25-26,35H,13,15-17H2,1-5H3,(H,32,36)/t22-,25+,26+/m1/s1. The first kappa shape index (κ1) is 27.3. The largest absolute Gasteiger partial charge is 0.391 e. The predicted octanol–water partition coefficient (Wildman–Crippen LogP) is 3.11. The molecular weight excluding hydrogens is 480 g/mol. The molecule has 4 rings (SSSR count). The number of amides is 3. The van der Waals surface area contributed by atoms with Gasteiger partial charge >= 0.3 is 0 Å². The molecule has 2 aromatic carbocycles. The fourth-order valence-corrected chi connectivity index (χ4v) is 5.55. The predicted molar refractivity (Wildman–Crippen MR) is 143 cm³/mol. The van der Waals surface area contributed by atoms with Crippen LogP contribution in [-0.4, -0.2) is 57.4 Å². The highest BCUT2D eigenvalue weighted by Crippen LogP contribution is 2.31. The maximum atomic E-state index is 13.9. The fraction of sp³-hybridized carbons (Fsp3) is 0.467. The van der Waals surface area contributed by atoms with E-state index in [2.05, 4.69) is 11.4 Å². The van der Waals surface area contributed by atoms with Crippen LogP contribution in [0.1, 0.15) is 73.7 Å². The number of likely N-dealkylation sites (tertiary alicyclic amines) is 1. The number of carbonyl (C=O) groups excluding carboxylic acids is 3. The third kappa shape index (κ3) is 5.30. The molecule has 0 saturated carbocycles. The molecule has 8 nitrogen and oxygen atoms in total. The summed E-state index contributed by atoms with van der Waals surface area (Å²) in [7, 11) is 0. The average Bonchev–Trinajstić information content (AvgIpc) is 3.42. The highest BCUT2D eigenvalue weighted by molar-refractivity contribution is 6.01. The number of β-amino-alcohol motifs (C(OH)–C–C–N with tert-alkyl or cyclic N) is 1. The lowest BCUT2D eigenvalue weighted by molar-refractivity contribution is -0.143. The SMILES string of the molecule is CC(C)[C@@H](C(=O)N1C[C@H](O)C[C@H]1C(=O)NCc1ccc(C#N)cc1C(C)(C)C)N1Cc2ccccc2C1=O. The fourth-order valence-electron chi connectivity index (χ4n) is 5.55. The number of hydrogen-bond donors (Lipinski definition) is 2. The van der Waals surface area contributed by atoms with Gasteiger partial charge in [0.15, 0.2) is 0 Å². The summed E-state index contributed by atoms with van der Waals surface area (Å²) in [4.78, 5) is 43.4. The molecule has 3 atom stereocenters. The van der Waals surface area contributed by atoms with Crippen molar-refractivity contribution in [3.63, 3.8) is 0 Å². The van der Waals surface area contributed by atoms with Gasteiger partial charge < -0.3 is 20.2 Å². The average molecular weight is 517 g/mol. The third-order valence-electron chi connectivity index (χ3n) is 7.43. The summed E-state index contributed by atoms with van der Waals surface area (Å²) in [5, 5.41) is 22.7. The Morgan fingerprint density at radius 2 is 1.89 bits per heavy atom. The van der Waals surface area contributed by atoms with Gasteiger partial charge in [0.2, 0.25) is 11.8 Å². The molecule has 0 aromatic heterocycles. The summed E-state index contributed by atoms with van der Waals surface area (Å²) in [6, 6.07) is 13.3. The Morgan fingerprint density at radius 1 is 1.18 bits per heavy atom. The topological polar surface area (TPSA) is 114 Å². The van der Waals surface area contributed by atoms with Crippen LogP contribution in [0.2, 0.25) is 0 Å². The minimum Gasteiger partial charge on any atom is -0.391 e. The van der Waals surface area contributed by atoms with Crippen molar-refractivity contribution in [2.24, 2.45) is 5.92 Å². The van der Waals surface area contributed by atoms with Gasteiger partial charge in [-0.25, -0.2) is 0 Å². The first-order chi connectivity index (χ1) is 17.9. The summed E-state index contributed by atoms with van der Waals surface area (Å²) in [5.74, 6) is -1.05. The lowest BCUT2D eigenvalue weighted by atomic mass is 9.83. The number of aliphatic hydroxyl groups is 1. The van der Waals surface area contributed by atoms with Crippen molar-refractivity contribution in [2.75, 3.05) is 6.54 Å². The van der Waals surface area contributed by atoms with Crippen LogP contribution in [0.4, 0.5) is 0 Å². The van der Waals surface area contributed by atoms with Gasteiger partial charge in [0.25, 0.3) is 5.91 Å². The van der Waals surface area contributed by atoms with Crippen LogP contribution < -0.4 is 5.32 Å². The van der Waals surface area contributed by atoms with Gasteiger partial charge in [-0.15, -0.1) is 0 Å². The van der Waals surface area contributed by atoms with Crippen molar-refractivity contribution in [1.29, 1.82) is 5.26 Å². The van der Waals surface area contributed by atoms with Crippen LogP contribution >= 0.6 is 0 Å². The van der Waals surface area contributed by atoms with Gasteiger partial charge in [0.05, 0.1) is 17.7 Å². The molecule has 1 fully saturated rings. The van der Waals surface area contributed by atoms with E-state index in [-0.39, 0.29) is 48.6 Å². The Kier molecular flexibility index (Phi) is 7.61. The summed E-state index contributed by atoms with van der Waals surface area (Å²) in [5.41, 5.74) is 3.65. The van der Waals surface area contributed by atoms with Crippen molar-refractivity contribution in [1.82, 2.24) is 15.1 Å². The molecule has 2 aromatic rings. The Balaban J connectivity index is 1.53. The van der Waals surface area contributed by atoms with E-state index >= 15 is 0 Å². The van der Waals surface area contributed by atoms with Crippen LogP contribution in [0.15, 0.2) is 42.5 Å². The number of nitriles is 1. The molecular formula is C30H36N4O4. The Morgan fingerprint density at radius 3 is 2.53 bits per heavy atom. The summed E-state index contributed by atoms with van der Waals surface area (Å²) in [6.45, 7) is 10.5. The number of nitrogens with zero attached hydrogens (tertiary/aromatic N) is 3. The van der Waals surface area contributed by atoms with E-state index in [9.17, 15) is 24.8 Å². The zero-order chi connectivity index (χ0) is 27.8. The number of benzene rings is 2. The molecule has 0 radical (unpaired) electrons. The van der Waals surface area contributed by atoms with E-state index in [1.165, 1.54) is 4.90 Å². The molecule has 3 amide bonds. The smallest absolute Gasteiger partial charge is 0.255 e. The van der Waals surface area contributed by atoms with Gasteiger partial charge in [-0.3, -0.25) is 14.4 Å². The van der Waals surface area contributed by atoms with Gasteiger partial charge in [-0.05, 0) is 46.2 Å². The maximum absolute atomic E-state index is 13.9. The summed E-state index contributed by atoms with van der Waals surface area (Å²) >= 11 is 0. The van der Waals surface area contributed by atoms with Crippen LogP contribution in [0.5, 0.6) is 0 Å². The van der Waals surface area contributed by atoms with Gasteiger partial charge in [-0.2, -0.15) is 5.26 Å². The van der Waals surface area contributed by atoms with Crippen LogP contribution in [0, 0.1) is 17.2 Å². The van der Waals surface area contributed by atoms with E-state index in [0.717, 1.165) is 16.7 Å². The molecule has 1 saturated heterocycles. The molecule has 2 aliphatic rings. The molecule has 0 spiro atoms. The number of rotatable bonds is 6. The van der Waals surface area contributed by atoms with E-state index in [1.807, 2.05) is 65.0 Å². The number of carbonyl (C=O) groups is 3. The van der Waals surface area contributed by atoms with Crippen LogP contribution in [0.25, 0.3) is 0 Å². The second kappa shape index (κ2) is 10.6. The lowest BCUT2D eigenvalue weighted by Gasteiger charge is -2.35. The van der Waals surface area contributed by atoms with Crippen molar-refractivity contribution >= 4 is 17.7 Å². The maximum Gasteiger partial charge on any atom is 0.255 e. The molecule has 200 valence electrons. The van der Waals surface area contributed by atoms with Gasteiger partial charge in [-0.1, -0.05) is 58.9 Å². The molecule has 0 bridgehead atoms. The summed E-state index contributed by atoms with van der Waals surface area (Å²) < 4.78 is 0. The normalized spacial score (nSPS) is 19.9. The first-order valence-electron chi connectivity index (χ1n) is 13.1. The minimum atomic E-state index is -0.838. The number of aliphatic hydroxyl groups excluding tert-OH is 1. The number of fused-ring (bicyclic) bond motifs is 1. The Bertz CT molecular complexity index is 1290. The second-order valence-corrected chi connectivity index (χ2v) is 11.6. The molecule has 2 aliphatic heterocycles. The van der Waals surface area contributed by atoms with Crippen molar-refractivity contribution < 1.29 is 19.5 Å².